The number of rotatable bonds is 6. The Morgan fingerprint density at radius 2 is 2.04 bits per heavy atom. The van der Waals surface area contributed by atoms with Crippen LogP contribution in [0.5, 0.6) is 0 Å². The van der Waals surface area contributed by atoms with Crippen LogP contribution in [0.2, 0.25) is 0 Å². The first-order valence-corrected chi connectivity index (χ1v) is 9.50. The SMILES string of the molecule is CC(C)c1nc(C2CCCN2CCC(=O)NC2CCCCC2)no1. The third-order valence-corrected chi connectivity index (χ3v) is 5.21. The average molecular weight is 334 g/mol. The zero-order chi connectivity index (χ0) is 16.9. The first-order valence-electron chi connectivity index (χ1n) is 9.50. The van der Waals surface area contributed by atoms with Crippen LogP contribution in [0.25, 0.3) is 0 Å². The van der Waals surface area contributed by atoms with Crippen molar-refractivity contribution in [2.75, 3.05) is 13.1 Å². The van der Waals surface area contributed by atoms with E-state index in [9.17, 15) is 4.79 Å². The Labute approximate surface area is 144 Å². The molecule has 6 heteroatoms. The maximum absolute atomic E-state index is 12.2. The summed E-state index contributed by atoms with van der Waals surface area (Å²) >= 11 is 0. The van der Waals surface area contributed by atoms with E-state index in [0.29, 0.717) is 18.4 Å². The molecule has 0 radical (unpaired) electrons. The molecule has 2 aliphatic rings. The Balaban J connectivity index is 1.49. The molecule has 0 spiro atoms. The first kappa shape index (κ1) is 17.4. The van der Waals surface area contributed by atoms with Crippen LogP contribution in [0.3, 0.4) is 0 Å². The van der Waals surface area contributed by atoms with E-state index in [4.69, 9.17) is 4.52 Å². The number of hydrogen-bond acceptors (Lipinski definition) is 5. The van der Waals surface area contributed by atoms with Crippen molar-refractivity contribution in [1.29, 1.82) is 0 Å². The van der Waals surface area contributed by atoms with Crippen molar-refractivity contribution in [2.45, 2.75) is 83.2 Å². The van der Waals surface area contributed by atoms with Crippen LogP contribution < -0.4 is 5.32 Å². The topological polar surface area (TPSA) is 71.3 Å². The summed E-state index contributed by atoms with van der Waals surface area (Å²) in [4.78, 5) is 19.1. The molecule has 1 aliphatic carbocycles. The van der Waals surface area contributed by atoms with Gasteiger partial charge in [-0.1, -0.05) is 38.3 Å². The number of amides is 1. The van der Waals surface area contributed by atoms with Gasteiger partial charge in [0.25, 0.3) is 0 Å². The number of aromatic nitrogens is 2. The van der Waals surface area contributed by atoms with Crippen LogP contribution in [0.1, 0.15) is 88.9 Å². The van der Waals surface area contributed by atoms with Crippen molar-refractivity contribution >= 4 is 5.91 Å². The van der Waals surface area contributed by atoms with Gasteiger partial charge in [0.1, 0.15) is 0 Å². The molecule has 1 amide bonds. The second kappa shape index (κ2) is 8.10. The Morgan fingerprint density at radius 3 is 2.75 bits per heavy atom. The summed E-state index contributed by atoms with van der Waals surface area (Å²) in [6.45, 7) is 5.89. The molecular weight excluding hydrogens is 304 g/mol. The third kappa shape index (κ3) is 4.35. The first-order chi connectivity index (χ1) is 11.6. The lowest BCUT2D eigenvalue weighted by molar-refractivity contribution is -0.122. The maximum atomic E-state index is 12.2. The number of carbonyl (C=O) groups is 1. The van der Waals surface area contributed by atoms with Crippen LogP contribution in [0.15, 0.2) is 4.52 Å². The van der Waals surface area contributed by atoms with Crippen molar-refractivity contribution < 1.29 is 9.32 Å². The second-order valence-electron chi connectivity index (χ2n) is 7.49. The fourth-order valence-corrected chi connectivity index (χ4v) is 3.80. The van der Waals surface area contributed by atoms with Crippen molar-refractivity contribution in [3.8, 4) is 0 Å². The van der Waals surface area contributed by atoms with Gasteiger partial charge in [0, 0.05) is 24.9 Å². The molecule has 0 aromatic carbocycles. The van der Waals surface area contributed by atoms with E-state index in [1.54, 1.807) is 0 Å². The van der Waals surface area contributed by atoms with Crippen molar-refractivity contribution in [1.82, 2.24) is 20.4 Å². The van der Waals surface area contributed by atoms with E-state index in [1.807, 2.05) is 0 Å². The van der Waals surface area contributed by atoms with E-state index in [0.717, 1.165) is 44.6 Å². The van der Waals surface area contributed by atoms with Gasteiger partial charge in [0.05, 0.1) is 6.04 Å². The summed E-state index contributed by atoms with van der Waals surface area (Å²) in [6, 6.07) is 0.593. The van der Waals surface area contributed by atoms with E-state index in [-0.39, 0.29) is 17.9 Å². The lowest BCUT2D eigenvalue weighted by Gasteiger charge is -2.24. The van der Waals surface area contributed by atoms with Gasteiger partial charge in [0.2, 0.25) is 11.8 Å². The molecule has 3 rings (SSSR count). The number of likely N-dealkylation sites (tertiary alicyclic amines) is 1. The second-order valence-corrected chi connectivity index (χ2v) is 7.49. The highest BCUT2D eigenvalue weighted by Crippen LogP contribution is 2.30. The predicted octanol–water partition coefficient (Wildman–Crippen LogP) is 3.17. The summed E-state index contributed by atoms with van der Waals surface area (Å²) < 4.78 is 5.35. The summed E-state index contributed by atoms with van der Waals surface area (Å²) in [5.41, 5.74) is 0. The molecular formula is C18H30N4O2. The molecule has 1 saturated carbocycles. The molecule has 2 fully saturated rings. The fraction of sp³-hybridized carbons (Fsp3) is 0.833. The molecule has 1 atom stereocenters. The van der Waals surface area contributed by atoms with Crippen molar-refractivity contribution in [2.24, 2.45) is 0 Å². The number of nitrogens with zero attached hydrogens (tertiary/aromatic N) is 3. The van der Waals surface area contributed by atoms with Gasteiger partial charge < -0.3 is 9.84 Å². The van der Waals surface area contributed by atoms with Crippen LogP contribution in [0, 0.1) is 0 Å². The minimum Gasteiger partial charge on any atom is -0.353 e. The summed E-state index contributed by atoms with van der Waals surface area (Å²) in [5.74, 6) is 1.92. The van der Waals surface area contributed by atoms with Crippen molar-refractivity contribution in [3.05, 3.63) is 11.7 Å². The summed E-state index contributed by atoms with van der Waals surface area (Å²) in [7, 11) is 0. The molecule has 1 N–H and O–H groups in total. The largest absolute Gasteiger partial charge is 0.353 e. The minimum absolute atomic E-state index is 0.184. The highest BCUT2D eigenvalue weighted by atomic mass is 16.5. The number of nitrogens with one attached hydrogen (secondary N) is 1. The molecule has 0 bridgehead atoms. The molecule has 1 aromatic rings. The van der Waals surface area contributed by atoms with Gasteiger partial charge >= 0.3 is 0 Å². The monoisotopic (exact) mass is 334 g/mol. The van der Waals surface area contributed by atoms with Gasteiger partial charge in [-0.05, 0) is 32.2 Å². The third-order valence-electron chi connectivity index (χ3n) is 5.21. The zero-order valence-electron chi connectivity index (χ0n) is 15.0. The lowest BCUT2D eigenvalue weighted by atomic mass is 9.95. The van der Waals surface area contributed by atoms with Gasteiger partial charge in [0.15, 0.2) is 5.82 Å². The molecule has 2 heterocycles. The molecule has 1 unspecified atom stereocenters. The smallest absolute Gasteiger partial charge is 0.229 e. The predicted molar refractivity (Wildman–Crippen MR) is 91.6 cm³/mol. The Kier molecular flexibility index (Phi) is 5.87. The minimum atomic E-state index is 0.184. The normalized spacial score (nSPS) is 23.0. The number of carbonyl (C=O) groups excluding carboxylic acids is 1. The van der Waals surface area contributed by atoms with Crippen LogP contribution >= 0.6 is 0 Å². The van der Waals surface area contributed by atoms with Crippen LogP contribution in [0.4, 0.5) is 0 Å². The van der Waals surface area contributed by atoms with Gasteiger partial charge in [-0.2, -0.15) is 4.98 Å². The molecule has 134 valence electrons. The molecule has 6 nitrogen and oxygen atoms in total. The summed E-state index contributed by atoms with van der Waals surface area (Å²) in [6.07, 6.45) is 8.80. The maximum Gasteiger partial charge on any atom is 0.229 e. The Hall–Kier alpha value is -1.43. The van der Waals surface area contributed by atoms with Crippen molar-refractivity contribution in [3.63, 3.8) is 0 Å². The fourth-order valence-electron chi connectivity index (χ4n) is 3.80. The standard InChI is InChI=1S/C18H30N4O2/c1-13(2)18-20-17(21-24-18)15-9-6-11-22(15)12-10-16(23)19-14-7-4-3-5-8-14/h13-15H,3-12H2,1-2H3,(H,19,23). The van der Waals surface area contributed by atoms with E-state index in [2.05, 4.69) is 34.2 Å². The Bertz CT molecular complexity index is 537. The van der Waals surface area contributed by atoms with E-state index in [1.165, 1.54) is 19.3 Å². The number of hydrogen-bond donors (Lipinski definition) is 1. The summed E-state index contributed by atoms with van der Waals surface area (Å²) in [5, 5.41) is 7.36. The molecule has 1 aliphatic heterocycles. The Morgan fingerprint density at radius 1 is 1.25 bits per heavy atom. The quantitative estimate of drug-likeness (QED) is 0.865. The average Bonchev–Trinajstić information content (AvgIpc) is 3.22. The lowest BCUT2D eigenvalue weighted by Crippen LogP contribution is -2.38. The molecule has 1 saturated heterocycles. The van der Waals surface area contributed by atoms with Gasteiger partial charge in [-0.15, -0.1) is 0 Å². The highest BCUT2D eigenvalue weighted by molar-refractivity contribution is 5.76. The van der Waals surface area contributed by atoms with Gasteiger partial charge in [-0.25, -0.2) is 0 Å². The zero-order valence-corrected chi connectivity index (χ0v) is 15.0. The van der Waals surface area contributed by atoms with Crippen LogP contribution in [-0.2, 0) is 4.79 Å². The molecule has 24 heavy (non-hydrogen) atoms. The van der Waals surface area contributed by atoms with E-state index < -0.39 is 0 Å². The van der Waals surface area contributed by atoms with Gasteiger partial charge in [-0.3, -0.25) is 9.69 Å². The highest BCUT2D eigenvalue weighted by Gasteiger charge is 2.30. The van der Waals surface area contributed by atoms with Crippen LogP contribution in [-0.4, -0.2) is 40.1 Å². The van der Waals surface area contributed by atoms with E-state index >= 15 is 0 Å². The molecule has 1 aromatic heterocycles.